The topological polar surface area (TPSA) is 24.1 Å². The molecule has 1 aliphatic rings. The van der Waals surface area contributed by atoms with E-state index >= 15 is 0 Å². The number of hydrogen-bond acceptors (Lipinski definition) is 2. The van der Waals surface area contributed by atoms with Crippen LogP contribution in [0.25, 0.3) is 0 Å². The number of piperazine rings is 1. The molecule has 0 spiro atoms. The van der Waals surface area contributed by atoms with Gasteiger partial charge in [0.1, 0.15) is 5.82 Å². The van der Waals surface area contributed by atoms with E-state index in [9.17, 15) is 17.6 Å². The molecule has 0 bridgehead atoms. The van der Waals surface area contributed by atoms with E-state index in [1.54, 1.807) is 0 Å². The second-order valence-electron chi connectivity index (χ2n) is 4.07. The van der Waals surface area contributed by atoms with Crippen molar-refractivity contribution < 1.29 is 17.6 Å². The molecule has 0 radical (unpaired) electrons. The molecule has 0 aromatic heterocycles. The predicted octanol–water partition coefficient (Wildman–Crippen LogP) is 3.15. The first-order valence-electron chi connectivity index (χ1n) is 5.40. The third kappa shape index (κ3) is 3.72. The van der Waals surface area contributed by atoms with E-state index in [0.717, 1.165) is 6.07 Å². The maximum absolute atomic E-state index is 13.8. The fourth-order valence-electron chi connectivity index (χ4n) is 1.90. The standard InChI is InChI=1S/C11H11ClF4N2.ClH/c12-8-4-6(11(14,15)16)3-7(10(8)13)9-5-17-1-2-18-9;/h3-4,9,17-18H,1-2,5H2;1H/t9-;/m1./s1. The van der Waals surface area contributed by atoms with Crippen molar-refractivity contribution in [1.82, 2.24) is 10.6 Å². The molecule has 0 unspecified atom stereocenters. The van der Waals surface area contributed by atoms with Crippen molar-refractivity contribution in [1.29, 1.82) is 0 Å². The van der Waals surface area contributed by atoms with E-state index in [-0.39, 0.29) is 18.0 Å². The van der Waals surface area contributed by atoms with Gasteiger partial charge in [0.25, 0.3) is 0 Å². The van der Waals surface area contributed by atoms with Gasteiger partial charge in [0.15, 0.2) is 0 Å². The Bertz CT molecular complexity index is 445. The largest absolute Gasteiger partial charge is 0.416 e. The first kappa shape index (κ1) is 16.5. The average Bonchev–Trinajstić information content (AvgIpc) is 2.32. The molecule has 1 fully saturated rings. The van der Waals surface area contributed by atoms with Gasteiger partial charge in [-0.05, 0) is 12.1 Å². The van der Waals surface area contributed by atoms with Crippen LogP contribution in [0.4, 0.5) is 17.6 Å². The minimum atomic E-state index is -4.53. The van der Waals surface area contributed by atoms with Crippen molar-refractivity contribution >= 4 is 24.0 Å². The highest BCUT2D eigenvalue weighted by molar-refractivity contribution is 6.30. The quantitative estimate of drug-likeness (QED) is 0.777. The van der Waals surface area contributed by atoms with Gasteiger partial charge in [-0.15, -0.1) is 12.4 Å². The van der Waals surface area contributed by atoms with Gasteiger partial charge in [-0.25, -0.2) is 4.39 Å². The fourth-order valence-corrected chi connectivity index (χ4v) is 2.13. The van der Waals surface area contributed by atoms with Crippen LogP contribution in [0.3, 0.4) is 0 Å². The highest BCUT2D eigenvalue weighted by Crippen LogP contribution is 2.35. The zero-order chi connectivity index (χ0) is 13.3. The molecule has 0 amide bonds. The van der Waals surface area contributed by atoms with Crippen LogP contribution < -0.4 is 10.6 Å². The molecular weight excluding hydrogens is 307 g/mol. The summed E-state index contributed by atoms with van der Waals surface area (Å²) in [5, 5.41) is 5.43. The van der Waals surface area contributed by atoms with Gasteiger partial charge in [0.2, 0.25) is 0 Å². The second-order valence-corrected chi connectivity index (χ2v) is 4.48. The Hall–Kier alpha value is -0.560. The van der Waals surface area contributed by atoms with Crippen LogP contribution in [0.1, 0.15) is 17.2 Å². The molecule has 1 atom stereocenters. The van der Waals surface area contributed by atoms with Crippen LogP contribution >= 0.6 is 24.0 Å². The van der Waals surface area contributed by atoms with Crippen molar-refractivity contribution in [2.24, 2.45) is 0 Å². The number of alkyl halides is 3. The maximum Gasteiger partial charge on any atom is 0.416 e. The van der Waals surface area contributed by atoms with Gasteiger partial charge in [-0.2, -0.15) is 13.2 Å². The van der Waals surface area contributed by atoms with E-state index in [4.69, 9.17) is 11.6 Å². The zero-order valence-corrected chi connectivity index (χ0v) is 11.2. The van der Waals surface area contributed by atoms with Crippen molar-refractivity contribution in [3.63, 3.8) is 0 Å². The predicted molar refractivity (Wildman–Crippen MR) is 67.3 cm³/mol. The lowest BCUT2D eigenvalue weighted by Crippen LogP contribution is -2.43. The molecule has 8 heteroatoms. The summed E-state index contributed by atoms with van der Waals surface area (Å²) >= 11 is 5.52. The summed E-state index contributed by atoms with van der Waals surface area (Å²) in [6.45, 7) is 1.64. The highest BCUT2D eigenvalue weighted by atomic mass is 35.5. The van der Waals surface area contributed by atoms with Gasteiger partial charge < -0.3 is 10.6 Å². The van der Waals surface area contributed by atoms with E-state index in [2.05, 4.69) is 10.6 Å². The normalized spacial score (nSPS) is 19.9. The van der Waals surface area contributed by atoms with Crippen molar-refractivity contribution in [2.45, 2.75) is 12.2 Å². The van der Waals surface area contributed by atoms with E-state index in [1.807, 2.05) is 0 Å². The van der Waals surface area contributed by atoms with Crippen molar-refractivity contribution in [3.05, 3.63) is 34.1 Å². The summed E-state index contributed by atoms with van der Waals surface area (Å²) in [7, 11) is 0. The van der Waals surface area contributed by atoms with Crippen molar-refractivity contribution in [2.75, 3.05) is 19.6 Å². The number of hydrogen-bond donors (Lipinski definition) is 2. The summed E-state index contributed by atoms with van der Waals surface area (Å²) in [5.41, 5.74) is -0.988. The number of halogens is 6. The van der Waals surface area contributed by atoms with Crippen LogP contribution in [0, 0.1) is 5.82 Å². The van der Waals surface area contributed by atoms with Crippen LogP contribution in [0.15, 0.2) is 12.1 Å². The van der Waals surface area contributed by atoms with Crippen LogP contribution in [0.2, 0.25) is 5.02 Å². The summed E-state index contributed by atoms with van der Waals surface area (Å²) in [6, 6.07) is 0.918. The Morgan fingerprint density at radius 2 is 1.89 bits per heavy atom. The Morgan fingerprint density at radius 1 is 1.21 bits per heavy atom. The van der Waals surface area contributed by atoms with Crippen molar-refractivity contribution in [3.8, 4) is 0 Å². The number of rotatable bonds is 1. The minimum Gasteiger partial charge on any atom is -0.314 e. The summed E-state index contributed by atoms with van der Waals surface area (Å²) in [5.74, 6) is -0.800. The Kier molecular flexibility index (Phi) is 5.43. The SMILES string of the molecule is Cl.Fc1c(Cl)cc(C(F)(F)F)cc1[C@H]1CNCCN1. The molecule has 0 saturated carbocycles. The van der Waals surface area contributed by atoms with E-state index in [0.29, 0.717) is 25.7 Å². The number of nitrogens with one attached hydrogen (secondary N) is 2. The molecule has 1 aromatic rings. The lowest BCUT2D eigenvalue weighted by molar-refractivity contribution is -0.137. The lowest BCUT2D eigenvalue weighted by Gasteiger charge is -2.26. The number of benzene rings is 1. The molecule has 108 valence electrons. The Labute approximate surface area is 118 Å². The molecular formula is C11H12Cl2F4N2. The molecule has 2 nitrogen and oxygen atoms in total. The highest BCUT2D eigenvalue weighted by Gasteiger charge is 2.33. The monoisotopic (exact) mass is 318 g/mol. The van der Waals surface area contributed by atoms with Crippen LogP contribution in [-0.4, -0.2) is 19.6 Å². The smallest absolute Gasteiger partial charge is 0.314 e. The first-order valence-corrected chi connectivity index (χ1v) is 5.77. The first-order chi connectivity index (χ1) is 8.39. The molecule has 0 aliphatic carbocycles. The molecule has 1 heterocycles. The summed E-state index contributed by atoms with van der Waals surface area (Å²) in [6.07, 6.45) is -4.53. The maximum atomic E-state index is 13.8. The molecule has 19 heavy (non-hydrogen) atoms. The van der Waals surface area contributed by atoms with E-state index < -0.39 is 28.6 Å². The Morgan fingerprint density at radius 3 is 2.42 bits per heavy atom. The van der Waals surface area contributed by atoms with Crippen LogP contribution in [-0.2, 0) is 6.18 Å². The van der Waals surface area contributed by atoms with Gasteiger partial charge in [0.05, 0.1) is 10.6 Å². The molecule has 1 saturated heterocycles. The molecule has 1 aliphatic heterocycles. The Balaban J connectivity index is 0.00000180. The average molecular weight is 319 g/mol. The summed E-state index contributed by atoms with van der Waals surface area (Å²) in [4.78, 5) is 0. The third-order valence-corrected chi connectivity index (χ3v) is 3.08. The third-order valence-electron chi connectivity index (χ3n) is 2.80. The minimum absolute atomic E-state index is 0. The zero-order valence-electron chi connectivity index (χ0n) is 9.65. The summed E-state index contributed by atoms with van der Waals surface area (Å²) < 4.78 is 51.7. The van der Waals surface area contributed by atoms with E-state index in [1.165, 1.54) is 0 Å². The van der Waals surface area contributed by atoms with Gasteiger partial charge in [-0.1, -0.05) is 11.6 Å². The molecule has 1 aromatic carbocycles. The lowest BCUT2D eigenvalue weighted by atomic mass is 10.0. The van der Waals surface area contributed by atoms with Gasteiger partial charge >= 0.3 is 6.18 Å². The molecule has 2 rings (SSSR count). The van der Waals surface area contributed by atoms with Gasteiger partial charge in [-0.3, -0.25) is 0 Å². The molecule has 2 N–H and O–H groups in total. The van der Waals surface area contributed by atoms with Gasteiger partial charge in [0, 0.05) is 31.2 Å². The fraction of sp³-hybridized carbons (Fsp3) is 0.455. The van der Waals surface area contributed by atoms with Crippen LogP contribution in [0.5, 0.6) is 0 Å². The second kappa shape index (κ2) is 6.26.